The molecular formula is C8H5Cl5O. The summed E-state index contributed by atoms with van der Waals surface area (Å²) in [5, 5.41) is 8.20. The average molecular weight is 294 g/mol. The molecule has 14 heavy (non-hydrogen) atoms. The highest BCUT2D eigenvalue weighted by molar-refractivity contribution is 6.50. The molecule has 1 aromatic carbocycles. The van der Waals surface area contributed by atoms with Crippen LogP contribution >= 0.6 is 58.0 Å². The second kappa shape index (κ2) is 4.65. The van der Waals surface area contributed by atoms with Crippen molar-refractivity contribution in [1.82, 2.24) is 0 Å². The molecule has 0 aromatic heterocycles. The van der Waals surface area contributed by atoms with Gasteiger partial charge in [0.25, 0.3) is 0 Å². The van der Waals surface area contributed by atoms with E-state index < -0.39 is 9.90 Å². The van der Waals surface area contributed by atoms with Gasteiger partial charge in [0.2, 0.25) is 0 Å². The van der Waals surface area contributed by atoms with Crippen LogP contribution in [-0.4, -0.2) is 9.94 Å². The lowest BCUT2D eigenvalue weighted by molar-refractivity contribution is 0.144. The van der Waals surface area contributed by atoms with Gasteiger partial charge in [-0.25, -0.2) is 0 Å². The van der Waals surface area contributed by atoms with Gasteiger partial charge < -0.3 is 5.11 Å². The summed E-state index contributed by atoms with van der Waals surface area (Å²) in [7, 11) is 0. The Balaban J connectivity index is 3.26. The Morgan fingerprint density at radius 3 is 2.29 bits per heavy atom. The molecule has 0 fully saturated rings. The van der Waals surface area contributed by atoms with E-state index in [1.807, 2.05) is 0 Å². The predicted molar refractivity (Wildman–Crippen MR) is 61.7 cm³/mol. The summed E-state index contributed by atoms with van der Waals surface area (Å²) in [4.78, 5) is -1.21. The van der Waals surface area contributed by atoms with Crippen LogP contribution in [0.4, 0.5) is 0 Å². The Kier molecular flexibility index (Phi) is 4.22. The van der Waals surface area contributed by atoms with Crippen molar-refractivity contribution in [3.63, 3.8) is 0 Å². The van der Waals surface area contributed by atoms with E-state index in [1.54, 1.807) is 12.1 Å². The second-order valence-corrected chi connectivity index (χ2v) is 5.03. The Bertz CT molecular complexity index is 337. The average Bonchev–Trinajstić information content (AvgIpc) is 2.09. The minimum Gasteiger partial charge on any atom is -0.369 e. The van der Waals surface area contributed by atoms with E-state index in [0.717, 1.165) is 0 Å². The van der Waals surface area contributed by atoms with E-state index in [1.165, 1.54) is 6.07 Å². The van der Waals surface area contributed by atoms with E-state index in [-0.39, 0.29) is 15.6 Å². The highest BCUT2D eigenvalue weighted by Gasteiger charge is 2.36. The zero-order chi connectivity index (χ0) is 10.9. The summed E-state index contributed by atoms with van der Waals surface area (Å²) in [6.07, 6.45) is 0. The van der Waals surface area contributed by atoms with Gasteiger partial charge in [0.05, 0.1) is 10.0 Å². The number of hydrogen-bond donors (Lipinski definition) is 1. The first-order valence-corrected chi connectivity index (χ1v) is 5.52. The molecular weight excluding hydrogens is 289 g/mol. The maximum Gasteiger partial charge on any atom is 0.196 e. The number of rotatable bonds is 2. The van der Waals surface area contributed by atoms with Crippen LogP contribution in [0, 0.1) is 0 Å². The van der Waals surface area contributed by atoms with Crippen molar-refractivity contribution < 1.29 is 5.11 Å². The van der Waals surface area contributed by atoms with Crippen molar-refractivity contribution in [2.24, 2.45) is 0 Å². The number of aliphatic hydroxyl groups is 1. The lowest BCUT2D eigenvalue weighted by Gasteiger charge is -2.23. The molecule has 0 bridgehead atoms. The molecule has 0 spiro atoms. The fourth-order valence-corrected chi connectivity index (χ4v) is 1.78. The molecule has 0 saturated carbocycles. The monoisotopic (exact) mass is 292 g/mol. The third kappa shape index (κ3) is 2.41. The zero-order valence-corrected chi connectivity index (χ0v) is 10.4. The van der Waals surface area contributed by atoms with Gasteiger partial charge in [-0.3, -0.25) is 0 Å². The van der Waals surface area contributed by atoms with Crippen molar-refractivity contribution in [3.8, 4) is 0 Å². The minimum atomic E-state index is -1.94. The number of benzene rings is 1. The van der Waals surface area contributed by atoms with E-state index in [2.05, 4.69) is 0 Å². The van der Waals surface area contributed by atoms with Gasteiger partial charge in [0, 0.05) is 5.56 Å². The highest BCUT2D eigenvalue weighted by Crippen LogP contribution is 2.41. The van der Waals surface area contributed by atoms with Crippen LogP contribution in [0.2, 0.25) is 10.0 Å². The highest BCUT2D eigenvalue weighted by atomic mass is 35.5. The van der Waals surface area contributed by atoms with Crippen molar-refractivity contribution in [2.75, 3.05) is 0 Å². The summed E-state index contributed by atoms with van der Waals surface area (Å²) in [5.74, 6) is 0. The summed E-state index contributed by atoms with van der Waals surface area (Å²) in [5.41, 5.74) is 0.184. The molecule has 1 unspecified atom stereocenters. The minimum absolute atomic E-state index is 0.137. The zero-order valence-electron chi connectivity index (χ0n) is 6.65. The summed E-state index contributed by atoms with van der Waals surface area (Å²) < 4.78 is 0. The van der Waals surface area contributed by atoms with E-state index in [4.69, 9.17) is 58.0 Å². The second-order valence-electron chi connectivity index (χ2n) is 2.58. The van der Waals surface area contributed by atoms with Crippen LogP contribution in [0.25, 0.3) is 0 Å². The van der Waals surface area contributed by atoms with Crippen LogP contribution in [-0.2, 0) is 5.06 Å². The van der Waals surface area contributed by atoms with Gasteiger partial charge >= 0.3 is 0 Å². The first-order chi connectivity index (χ1) is 6.37. The molecule has 0 radical (unpaired) electrons. The van der Waals surface area contributed by atoms with Gasteiger partial charge in [-0.05, 0) is 6.07 Å². The normalized spacial score (nSPS) is 15.6. The summed E-state index contributed by atoms with van der Waals surface area (Å²) in [6.45, 7) is 0. The SMILES string of the molecule is OC(Cl)(c1cccc(Cl)c1Cl)C(Cl)Cl. The van der Waals surface area contributed by atoms with Crippen LogP contribution in [0.5, 0.6) is 0 Å². The topological polar surface area (TPSA) is 20.2 Å². The molecule has 1 N–H and O–H groups in total. The molecule has 1 nitrogen and oxygen atoms in total. The molecule has 0 saturated heterocycles. The maximum atomic E-state index is 9.73. The van der Waals surface area contributed by atoms with Crippen molar-refractivity contribution >= 4 is 58.0 Å². The molecule has 0 aliphatic carbocycles. The van der Waals surface area contributed by atoms with E-state index >= 15 is 0 Å². The molecule has 0 amide bonds. The van der Waals surface area contributed by atoms with Crippen molar-refractivity contribution in [2.45, 2.75) is 9.90 Å². The largest absolute Gasteiger partial charge is 0.369 e. The third-order valence-corrected chi connectivity index (χ3v) is 3.71. The quantitative estimate of drug-likeness (QED) is 0.811. The Morgan fingerprint density at radius 2 is 1.79 bits per heavy atom. The van der Waals surface area contributed by atoms with Crippen LogP contribution in [0.3, 0.4) is 0 Å². The lowest BCUT2D eigenvalue weighted by atomic mass is 10.1. The molecule has 0 heterocycles. The first kappa shape index (κ1) is 12.7. The van der Waals surface area contributed by atoms with Crippen LogP contribution in [0.1, 0.15) is 5.56 Å². The Morgan fingerprint density at radius 1 is 1.21 bits per heavy atom. The molecule has 1 aromatic rings. The summed E-state index contributed by atoms with van der Waals surface area (Å²) in [6, 6.07) is 4.66. The molecule has 78 valence electrons. The van der Waals surface area contributed by atoms with Crippen LogP contribution in [0.15, 0.2) is 18.2 Å². The maximum absolute atomic E-state index is 9.73. The molecule has 0 aliphatic rings. The smallest absolute Gasteiger partial charge is 0.196 e. The Labute approximate surface area is 106 Å². The molecule has 6 heteroatoms. The van der Waals surface area contributed by atoms with Gasteiger partial charge in [0.1, 0.15) is 0 Å². The fourth-order valence-electron chi connectivity index (χ4n) is 0.892. The van der Waals surface area contributed by atoms with Crippen LogP contribution < -0.4 is 0 Å². The molecule has 0 aliphatic heterocycles. The van der Waals surface area contributed by atoms with Gasteiger partial charge in [-0.15, -0.1) is 23.2 Å². The first-order valence-electron chi connectivity index (χ1n) is 3.51. The van der Waals surface area contributed by atoms with Gasteiger partial charge in [0.15, 0.2) is 9.90 Å². The molecule has 1 rings (SSSR count). The van der Waals surface area contributed by atoms with Crippen molar-refractivity contribution in [3.05, 3.63) is 33.8 Å². The number of halogens is 5. The predicted octanol–water partition coefficient (Wildman–Crippen LogP) is 4.18. The standard InChI is InChI=1S/C8H5Cl5O/c9-5-3-1-2-4(6(5)10)8(13,14)7(11)12/h1-3,7,14H. The third-order valence-electron chi connectivity index (χ3n) is 1.62. The van der Waals surface area contributed by atoms with E-state index in [0.29, 0.717) is 0 Å². The lowest BCUT2D eigenvalue weighted by Crippen LogP contribution is -2.26. The number of alkyl halides is 3. The number of hydrogen-bond acceptors (Lipinski definition) is 1. The Hall–Kier alpha value is 0.630. The van der Waals surface area contributed by atoms with Crippen molar-refractivity contribution in [1.29, 1.82) is 0 Å². The fraction of sp³-hybridized carbons (Fsp3) is 0.250. The summed E-state index contributed by atoms with van der Waals surface area (Å²) >= 11 is 28.3. The molecule has 1 atom stereocenters. The van der Waals surface area contributed by atoms with E-state index in [9.17, 15) is 5.11 Å². The van der Waals surface area contributed by atoms with Gasteiger partial charge in [-0.1, -0.05) is 46.9 Å². The van der Waals surface area contributed by atoms with Gasteiger partial charge in [-0.2, -0.15) is 0 Å².